The summed E-state index contributed by atoms with van der Waals surface area (Å²) in [6.07, 6.45) is -0.565. The van der Waals surface area contributed by atoms with Crippen LogP contribution in [0.2, 0.25) is 5.02 Å². The van der Waals surface area contributed by atoms with Gasteiger partial charge in [-0.1, -0.05) is 45.2 Å². The van der Waals surface area contributed by atoms with Crippen LogP contribution in [-0.4, -0.2) is 5.11 Å². The van der Waals surface area contributed by atoms with Crippen molar-refractivity contribution in [3.05, 3.63) is 62.6 Å². The number of aliphatic hydroxyl groups excluding tert-OH is 1. The van der Waals surface area contributed by atoms with Gasteiger partial charge < -0.3 is 9.84 Å². The Balaban J connectivity index is 2.18. The average molecular weight is 356 g/mol. The van der Waals surface area contributed by atoms with Crippen molar-refractivity contribution >= 4 is 27.5 Å². The van der Waals surface area contributed by atoms with E-state index in [-0.39, 0.29) is 0 Å². The normalized spacial score (nSPS) is 12.2. The van der Waals surface area contributed by atoms with E-state index in [1.165, 1.54) is 0 Å². The molecule has 2 nitrogen and oxygen atoms in total. The molecule has 0 saturated heterocycles. The third-order valence-corrected chi connectivity index (χ3v) is 3.86. The molecular formula is C16H16BrClO2. The maximum absolute atomic E-state index is 9.80. The van der Waals surface area contributed by atoms with Gasteiger partial charge in [-0.3, -0.25) is 0 Å². The van der Waals surface area contributed by atoms with Gasteiger partial charge in [0.1, 0.15) is 12.4 Å². The number of hydrogen-bond donors (Lipinski definition) is 1. The lowest BCUT2D eigenvalue weighted by Crippen LogP contribution is -2.02. The SMILES string of the molecule is Cc1ccc(OCc2ccc(Br)cc2Cl)c(C(C)O)c1. The zero-order chi connectivity index (χ0) is 14.7. The number of hydrogen-bond acceptors (Lipinski definition) is 2. The molecule has 1 unspecified atom stereocenters. The molecule has 20 heavy (non-hydrogen) atoms. The van der Waals surface area contributed by atoms with E-state index in [0.29, 0.717) is 17.4 Å². The number of rotatable bonds is 4. The summed E-state index contributed by atoms with van der Waals surface area (Å²) in [6.45, 7) is 4.09. The largest absolute Gasteiger partial charge is 0.488 e. The Morgan fingerprint density at radius 2 is 2.00 bits per heavy atom. The first-order chi connectivity index (χ1) is 9.47. The summed E-state index contributed by atoms with van der Waals surface area (Å²) in [4.78, 5) is 0. The lowest BCUT2D eigenvalue weighted by atomic mass is 10.1. The van der Waals surface area contributed by atoms with E-state index in [1.807, 2.05) is 43.3 Å². The van der Waals surface area contributed by atoms with E-state index >= 15 is 0 Å². The Morgan fingerprint density at radius 3 is 2.65 bits per heavy atom. The van der Waals surface area contributed by atoms with Gasteiger partial charge in [-0.2, -0.15) is 0 Å². The maximum Gasteiger partial charge on any atom is 0.125 e. The molecule has 0 spiro atoms. The van der Waals surface area contributed by atoms with Crippen molar-refractivity contribution in [2.45, 2.75) is 26.6 Å². The summed E-state index contributed by atoms with van der Waals surface area (Å²) < 4.78 is 6.74. The quantitative estimate of drug-likeness (QED) is 0.832. The summed E-state index contributed by atoms with van der Waals surface area (Å²) in [7, 11) is 0. The lowest BCUT2D eigenvalue weighted by Gasteiger charge is -2.15. The van der Waals surface area contributed by atoms with E-state index in [0.717, 1.165) is 21.2 Å². The molecule has 0 aliphatic heterocycles. The van der Waals surface area contributed by atoms with Crippen LogP contribution in [0.4, 0.5) is 0 Å². The molecule has 0 fully saturated rings. The predicted octanol–water partition coefficient (Wildman–Crippen LogP) is 5.04. The third-order valence-electron chi connectivity index (χ3n) is 3.01. The monoisotopic (exact) mass is 354 g/mol. The molecule has 1 N–H and O–H groups in total. The van der Waals surface area contributed by atoms with Crippen molar-refractivity contribution < 1.29 is 9.84 Å². The van der Waals surface area contributed by atoms with Crippen LogP contribution in [-0.2, 0) is 6.61 Å². The summed E-state index contributed by atoms with van der Waals surface area (Å²) in [5.74, 6) is 0.685. The molecular weight excluding hydrogens is 340 g/mol. The van der Waals surface area contributed by atoms with E-state index in [4.69, 9.17) is 16.3 Å². The molecule has 2 rings (SSSR count). The molecule has 0 aromatic heterocycles. The van der Waals surface area contributed by atoms with E-state index in [9.17, 15) is 5.11 Å². The van der Waals surface area contributed by atoms with Gasteiger partial charge in [0, 0.05) is 20.6 Å². The van der Waals surface area contributed by atoms with Crippen LogP contribution in [0.3, 0.4) is 0 Å². The van der Waals surface area contributed by atoms with Crippen molar-refractivity contribution in [2.75, 3.05) is 0 Å². The van der Waals surface area contributed by atoms with Gasteiger partial charge in [0.2, 0.25) is 0 Å². The van der Waals surface area contributed by atoms with Gasteiger partial charge in [0.05, 0.1) is 6.10 Å². The minimum absolute atomic E-state index is 0.370. The van der Waals surface area contributed by atoms with Gasteiger partial charge in [0.25, 0.3) is 0 Å². The molecule has 0 heterocycles. The van der Waals surface area contributed by atoms with Crippen LogP contribution in [0.1, 0.15) is 29.7 Å². The number of benzene rings is 2. The van der Waals surface area contributed by atoms with Gasteiger partial charge in [-0.15, -0.1) is 0 Å². The van der Waals surface area contributed by atoms with Gasteiger partial charge in [-0.25, -0.2) is 0 Å². The van der Waals surface area contributed by atoms with E-state index in [2.05, 4.69) is 15.9 Å². The van der Waals surface area contributed by atoms with E-state index in [1.54, 1.807) is 6.92 Å². The Bertz CT molecular complexity index is 611. The number of aliphatic hydroxyl groups is 1. The topological polar surface area (TPSA) is 29.5 Å². The smallest absolute Gasteiger partial charge is 0.125 e. The van der Waals surface area contributed by atoms with Crippen LogP contribution in [0.15, 0.2) is 40.9 Å². The standard InChI is InChI=1S/C16H16BrClO2/c1-10-3-6-16(14(7-10)11(2)19)20-9-12-4-5-13(17)8-15(12)18/h3-8,11,19H,9H2,1-2H3. The molecule has 0 saturated carbocycles. The fourth-order valence-corrected chi connectivity index (χ4v) is 2.65. The minimum atomic E-state index is -0.565. The zero-order valence-electron chi connectivity index (χ0n) is 11.4. The first-order valence-corrected chi connectivity index (χ1v) is 7.50. The Morgan fingerprint density at radius 1 is 1.25 bits per heavy atom. The highest BCUT2D eigenvalue weighted by Gasteiger charge is 2.10. The van der Waals surface area contributed by atoms with Crippen molar-refractivity contribution in [3.8, 4) is 5.75 Å². The molecule has 0 radical (unpaired) electrons. The second-order valence-electron chi connectivity index (χ2n) is 4.74. The number of halogens is 2. The molecule has 0 aliphatic rings. The molecule has 0 amide bonds. The second-order valence-corrected chi connectivity index (χ2v) is 6.06. The lowest BCUT2D eigenvalue weighted by molar-refractivity contribution is 0.190. The highest BCUT2D eigenvalue weighted by atomic mass is 79.9. The minimum Gasteiger partial charge on any atom is -0.488 e. The zero-order valence-corrected chi connectivity index (χ0v) is 13.7. The van der Waals surface area contributed by atoms with Crippen molar-refractivity contribution in [3.63, 3.8) is 0 Å². The van der Waals surface area contributed by atoms with Crippen LogP contribution in [0.25, 0.3) is 0 Å². The van der Waals surface area contributed by atoms with Gasteiger partial charge in [0.15, 0.2) is 0 Å². The summed E-state index contributed by atoms with van der Waals surface area (Å²) in [6, 6.07) is 11.5. The summed E-state index contributed by atoms with van der Waals surface area (Å²) in [5, 5.41) is 10.5. The average Bonchev–Trinajstić information content (AvgIpc) is 2.38. The van der Waals surface area contributed by atoms with Crippen LogP contribution in [0, 0.1) is 6.92 Å². The Hall–Kier alpha value is -1.03. The molecule has 4 heteroatoms. The van der Waals surface area contributed by atoms with E-state index < -0.39 is 6.10 Å². The fourth-order valence-electron chi connectivity index (χ4n) is 1.92. The number of aryl methyl sites for hydroxylation is 1. The Labute approximate surface area is 132 Å². The van der Waals surface area contributed by atoms with Crippen LogP contribution in [0.5, 0.6) is 5.75 Å². The molecule has 0 aliphatic carbocycles. The molecule has 106 valence electrons. The first-order valence-electron chi connectivity index (χ1n) is 6.32. The highest BCUT2D eigenvalue weighted by Crippen LogP contribution is 2.28. The van der Waals surface area contributed by atoms with Gasteiger partial charge >= 0.3 is 0 Å². The predicted molar refractivity (Wildman–Crippen MR) is 85.3 cm³/mol. The fraction of sp³-hybridized carbons (Fsp3) is 0.250. The van der Waals surface area contributed by atoms with Crippen LogP contribution < -0.4 is 4.74 Å². The first kappa shape index (κ1) is 15.4. The van der Waals surface area contributed by atoms with Crippen molar-refractivity contribution in [1.82, 2.24) is 0 Å². The van der Waals surface area contributed by atoms with Crippen molar-refractivity contribution in [2.24, 2.45) is 0 Å². The molecule has 2 aromatic carbocycles. The Kier molecular flexibility index (Phi) is 5.08. The van der Waals surface area contributed by atoms with Crippen LogP contribution >= 0.6 is 27.5 Å². The second kappa shape index (κ2) is 6.61. The highest BCUT2D eigenvalue weighted by molar-refractivity contribution is 9.10. The maximum atomic E-state index is 9.80. The molecule has 0 bridgehead atoms. The third kappa shape index (κ3) is 3.75. The van der Waals surface area contributed by atoms with Crippen molar-refractivity contribution in [1.29, 1.82) is 0 Å². The summed E-state index contributed by atoms with van der Waals surface area (Å²) in [5.41, 5.74) is 2.79. The molecule has 2 aromatic rings. The van der Waals surface area contributed by atoms with Gasteiger partial charge in [-0.05, 0) is 38.1 Å². The molecule has 1 atom stereocenters. The summed E-state index contributed by atoms with van der Waals surface area (Å²) >= 11 is 9.54. The number of ether oxygens (including phenoxy) is 1.